The monoisotopic (exact) mass is 361 g/mol. The number of nitrogens with zero attached hydrogens (tertiary/aromatic N) is 4. The molecule has 2 aromatic heterocycles. The number of benzene rings is 2. The summed E-state index contributed by atoms with van der Waals surface area (Å²) < 4.78 is 5.84. The molecule has 2 heterocycles. The Bertz CT molecular complexity index is 1210. The van der Waals surface area contributed by atoms with E-state index in [1.165, 1.54) is 12.4 Å². The third kappa shape index (κ3) is 2.97. The van der Waals surface area contributed by atoms with Crippen LogP contribution in [0.5, 0.6) is 0 Å². The van der Waals surface area contributed by atoms with Gasteiger partial charge in [-0.2, -0.15) is 5.10 Å². The highest BCUT2D eigenvalue weighted by molar-refractivity contribution is 6.05. The fraction of sp³-hybridized carbons (Fsp3) is 0.105. The minimum atomic E-state index is -0.401. The van der Waals surface area contributed by atoms with Gasteiger partial charge in [-0.25, -0.2) is 9.97 Å². The maximum atomic E-state index is 11.1. The van der Waals surface area contributed by atoms with Gasteiger partial charge in [0, 0.05) is 22.6 Å². The second kappa shape index (κ2) is 6.49. The van der Waals surface area contributed by atoms with E-state index in [9.17, 15) is 10.1 Å². The van der Waals surface area contributed by atoms with Gasteiger partial charge in [0.05, 0.1) is 10.6 Å². The van der Waals surface area contributed by atoms with E-state index in [0.29, 0.717) is 39.3 Å². The Kier molecular flexibility index (Phi) is 4.00. The van der Waals surface area contributed by atoms with E-state index >= 15 is 0 Å². The average molecular weight is 361 g/mol. The highest BCUT2D eigenvalue weighted by atomic mass is 16.6. The molecule has 0 fully saturated rings. The molecule has 0 aliphatic rings. The molecule has 0 aliphatic heterocycles. The standard InChI is InChI=1S/C19H15N5O3/c1-11-7-8-13(9-15(11)24(25)26)12(2)22-23-19-18-17(20-10-21-19)14-5-3-4-6-16(14)27-18/h3-10H,1-2H3,(H,20,21,23)/b22-12-. The molecule has 0 radical (unpaired) electrons. The van der Waals surface area contributed by atoms with Crippen molar-refractivity contribution in [1.29, 1.82) is 0 Å². The molecule has 1 N–H and O–H groups in total. The fourth-order valence-electron chi connectivity index (χ4n) is 2.84. The number of fused-ring (bicyclic) bond motifs is 3. The van der Waals surface area contributed by atoms with E-state index in [0.717, 1.165) is 5.39 Å². The van der Waals surface area contributed by atoms with E-state index in [2.05, 4.69) is 20.5 Å². The molecular formula is C19H15N5O3. The molecule has 0 atom stereocenters. The van der Waals surface area contributed by atoms with Crippen molar-refractivity contribution in [2.75, 3.05) is 5.43 Å². The largest absolute Gasteiger partial charge is 0.450 e. The zero-order valence-electron chi connectivity index (χ0n) is 14.6. The Labute approximate surface area is 153 Å². The zero-order valence-corrected chi connectivity index (χ0v) is 14.6. The summed E-state index contributed by atoms with van der Waals surface area (Å²) in [5, 5.41) is 16.3. The van der Waals surface area contributed by atoms with Crippen LogP contribution in [0, 0.1) is 17.0 Å². The first-order chi connectivity index (χ1) is 13.0. The molecule has 134 valence electrons. The van der Waals surface area contributed by atoms with Gasteiger partial charge >= 0.3 is 0 Å². The van der Waals surface area contributed by atoms with E-state index < -0.39 is 4.92 Å². The minimum absolute atomic E-state index is 0.0590. The Balaban J connectivity index is 1.70. The van der Waals surface area contributed by atoms with Gasteiger partial charge in [0.25, 0.3) is 5.69 Å². The molecule has 0 saturated carbocycles. The van der Waals surface area contributed by atoms with Crippen molar-refractivity contribution in [3.63, 3.8) is 0 Å². The minimum Gasteiger partial charge on any atom is -0.450 e. The first kappa shape index (κ1) is 16.6. The molecule has 0 spiro atoms. The summed E-state index contributed by atoms with van der Waals surface area (Å²) in [4.78, 5) is 19.2. The first-order valence-electron chi connectivity index (χ1n) is 8.22. The summed E-state index contributed by atoms with van der Waals surface area (Å²) >= 11 is 0. The van der Waals surface area contributed by atoms with E-state index in [4.69, 9.17) is 4.42 Å². The predicted octanol–water partition coefficient (Wildman–Crippen LogP) is 4.43. The van der Waals surface area contributed by atoms with Crippen molar-refractivity contribution in [3.05, 3.63) is 70.0 Å². The third-order valence-electron chi connectivity index (χ3n) is 4.31. The SMILES string of the molecule is C/C(=N/Nc1ncnc2c1oc1ccccc12)c1ccc(C)c([N+](=O)[O-])c1. The molecule has 4 rings (SSSR count). The van der Waals surface area contributed by atoms with Crippen LogP contribution >= 0.6 is 0 Å². The highest BCUT2D eigenvalue weighted by Gasteiger charge is 2.14. The van der Waals surface area contributed by atoms with Crippen molar-refractivity contribution in [1.82, 2.24) is 9.97 Å². The zero-order chi connectivity index (χ0) is 19.0. The molecule has 27 heavy (non-hydrogen) atoms. The normalized spacial score (nSPS) is 11.9. The molecule has 4 aromatic rings. The summed E-state index contributed by atoms with van der Waals surface area (Å²) in [5.41, 5.74) is 6.69. The average Bonchev–Trinajstić information content (AvgIpc) is 3.05. The van der Waals surface area contributed by atoms with Crippen LogP contribution in [0.2, 0.25) is 0 Å². The Hall–Kier alpha value is -3.81. The number of nitro groups is 1. The molecule has 0 unspecified atom stereocenters. The number of aryl methyl sites for hydroxylation is 1. The van der Waals surface area contributed by atoms with Crippen molar-refractivity contribution in [2.45, 2.75) is 13.8 Å². The number of nitro benzene ring substituents is 1. The lowest BCUT2D eigenvalue weighted by Gasteiger charge is -2.04. The van der Waals surface area contributed by atoms with Gasteiger partial charge in [0.15, 0.2) is 11.4 Å². The van der Waals surface area contributed by atoms with Gasteiger partial charge < -0.3 is 4.42 Å². The van der Waals surface area contributed by atoms with E-state index in [-0.39, 0.29) is 5.69 Å². The summed E-state index contributed by atoms with van der Waals surface area (Å²) in [6.45, 7) is 3.46. The van der Waals surface area contributed by atoms with Gasteiger partial charge in [-0.3, -0.25) is 15.5 Å². The van der Waals surface area contributed by atoms with Crippen LogP contribution in [0.15, 0.2) is 58.3 Å². The highest BCUT2D eigenvalue weighted by Crippen LogP contribution is 2.30. The maximum absolute atomic E-state index is 11.1. The molecule has 0 amide bonds. The van der Waals surface area contributed by atoms with Crippen molar-refractivity contribution in [3.8, 4) is 0 Å². The molecule has 0 aliphatic carbocycles. The first-order valence-corrected chi connectivity index (χ1v) is 8.22. The van der Waals surface area contributed by atoms with Gasteiger partial charge in [0.2, 0.25) is 0 Å². The van der Waals surface area contributed by atoms with Crippen molar-refractivity contribution >= 4 is 39.3 Å². The number of rotatable bonds is 4. The lowest BCUT2D eigenvalue weighted by atomic mass is 10.1. The number of anilines is 1. The van der Waals surface area contributed by atoms with Crippen LogP contribution in [0.4, 0.5) is 11.5 Å². The summed E-state index contributed by atoms with van der Waals surface area (Å²) in [6.07, 6.45) is 1.44. The molecule has 0 saturated heterocycles. The summed E-state index contributed by atoms with van der Waals surface area (Å²) in [5.74, 6) is 0.428. The Morgan fingerprint density at radius 2 is 2.04 bits per heavy atom. The van der Waals surface area contributed by atoms with E-state index in [1.54, 1.807) is 26.0 Å². The smallest absolute Gasteiger partial charge is 0.272 e. The molecular weight excluding hydrogens is 346 g/mol. The van der Waals surface area contributed by atoms with Gasteiger partial charge in [-0.05, 0) is 26.0 Å². The second-order valence-electron chi connectivity index (χ2n) is 6.07. The van der Waals surface area contributed by atoms with Crippen molar-refractivity contribution in [2.24, 2.45) is 5.10 Å². The summed E-state index contributed by atoms with van der Waals surface area (Å²) in [7, 11) is 0. The third-order valence-corrected chi connectivity index (χ3v) is 4.31. The molecule has 0 bridgehead atoms. The van der Waals surface area contributed by atoms with Gasteiger partial charge in [0.1, 0.15) is 17.4 Å². The Morgan fingerprint density at radius 1 is 1.22 bits per heavy atom. The quantitative estimate of drug-likeness (QED) is 0.327. The number of aromatic nitrogens is 2. The van der Waals surface area contributed by atoms with Crippen LogP contribution in [0.3, 0.4) is 0 Å². The lowest BCUT2D eigenvalue weighted by Crippen LogP contribution is -2.03. The van der Waals surface area contributed by atoms with Crippen LogP contribution in [0.1, 0.15) is 18.1 Å². The van der Waals surface area contributed by atoms with Gasteiger partial charge in [-0.15, -0.1) is 0 Å². The molecule has 8 heteroatoms. The maximum Gasteiger partial charge on any atom is 0.272 e. The number of hydrogen-bond acceptors (Lipinski definition) is 7. The second-order valence-corrected chi connectivity index (χ2v) is 6.07. The van der Waals surface area contributed by atoms with Crippen LogP contribution in [-0.2, 0) is 0 Å². The lowest BCUT2D eigenvalue weighted by molar-refractivity contribution is -0.385. The number of hydrogen-bond donors (Lipinski definition) is 1. The fourth-order valence-corrected chi connectivity index (χ4v) is 2.84. The number of para-hydroxylation sites is 1. The number of nitrogens with one attached hydrogen (secondary N) is 1. The number of hydrazone groups is 1. The van der Waals surface area contributed by atoms with Crippen LogP contribution in [-0.4, -0.2) is 20.6 Å². The Morgan fingerprint density at radius 3 is 2.85 bits per heavy atom. The van der Waals surface area contributed by atoms with Crippen LogP contribution < -0.4 is 5.43 Å². The van der Waals surface area contributed by atoms with Gasteiger partial charge in [-0.1, -0.05) is 24.3 Å². The predicted molar refractivity (Wildman–Crippen MR) is 103 cm³/mol. The topological polar surface area (TPSA) is 106 Å². The summed E-state index contributed by atoms with van der Waals surface area (Å²) in [6, 6.07) is 12.6. The number of furan rings is 1. The molecule has 8 nitrogen and oxygen atoms in total. The van der Waals surface area contributed by atoms with E-state index in [1.807, 2.05) is 24.3 Å². The van der Waals surface area contributed by atoms with Crippen LogP contribution in [0.25, 0.3) is 22.1 Å². The van der Waals surface area contributed by atoms with Crippen molar-refractivity contribution < 1.29 is 9.34 Å². The molecule has 2 aromatic carbocycles.